The Balaban J connectivity index is 3.06. The van der Waals surface area contributed by atoms with Crippen molar-refractivity contribution in [3.8, 4) is 0 Å². The topological polar surface area (TPSA) is 54.4 Å². The molecule has 0 aliphatic rings. The molecule has 0 unspecified atom stereocenters. The highest BCUT2D eigenvalue weighted by molar-refractivity contribution is 7.89. The third-order valence-corrected chi connectivity index (χ3v) is 2.21. The van der Waals surface area contributed by atoms with E-state index >= 15 is 0 Å². The SMILES string of the molecule is C/C(=C/S(=O)(=O)O)c1ccccc1. The van der Waals surface area contributed by atoms with Crippen LogP contribution in [-0.2, 0) is 10.1 Å². The van der Waals surface area contributed by atoms with E-state index in [-0.39, 0.29) is 0 Å². The van der Waals surface area contributed by atoms with Crippen LogP contribution in [0, 0.1) is 0 Å². The average Bonchev–Trinajstić information content (AvgIpc) is 2.03. The van der Waals surface area contributed by atoms with Crippen molar-refractivity contribution in [2.75, 3.05) is 0 Å². The van der Waals surface area contributed by atoms with E-state index in [4.69, 9.17) is 4.55 Å². The van der Waals surface area contributed by atoms with Gasteiger partial charge in [0.1, 0.15) is 0 Å². The Bertz CT molecular complexity index is 404. The Morgan fingerprint density at radius 2 is 1.85 bits per heavy atom. The van der Waals surface area contributed by atoms with E-state index in [1.54, 1.807) is 31.2 Å². The molecular weight excluding hydrogens is 188 g/mol. The molecule has 1 aromatic rings. The molecule has 3 nitrogen and oxygen atoms in total. The summed E-state index contributed by atoms with van der Waals surface area (Å²) in [5, 5.41) is 0.836. The quantitative estimate of drug-likeness (QED) is 0.739. The average molecular weight is 198 g/mol. The van der Waals surface area contributed by atoms with Crippen LogP contribution in [0.15, 0.2) is 35.7 Å². The Hall–Kier alpha value is -1.13. The first kappa shape index (κ1) is 9.95. The largest absolute Gasteiger partial charge is 0.287 e. The van der Waals surface area contributed by atoms with Crippen molar-refractivity contribution in [1.29, 1.82) is 0 Å². The summed E-state index contributed by atoms with van der Waals surface area (Å²) in [6.07, 6.45) is 0. The van der Waals surface area contributed by atoms with Crippen LogP contribution in [0.5, 0.6) is 0 Å². The van der Waals surface area contributed by atoms with Gasteiger partial charge in [0.2, 0.25) is 0 Å². The highest BCUT2D eigenvalue weighted by Gasteiger charge is 2.01. The van der Waals surface area contributed by atoms with Gasteiger partial charge in [0.05, 0.1) is 5.41 Å². The molecule has 1 N–H and O–H groups in total. The summed E-state index contributed by atoms with van der Waals surface area (Å²) < 4.78 is 29.5. The standard InChI is InChI=1S/C9H10O3S/c1-8(7-13(10,11)12)9-5-3-2-4-6-9/h2-7H,1H3,(H,10,11,12)/b8-7-. The summed E-state index contributed by atoms with van der Waals surface area (Å²) in [5.41, 5.74) is 1.29. The summed E-state index contributed by atoms with van der Waals surface area (Å²) in [7, 11) is -4.03. The van der Waals surface area contributed by atoms with E-state index in [0.29, 0.717) is 5.57 Å². The minimum Gasteiger partial charge on any atom is -0.282 e. The minimum absolute atomic E-state index is 0.517. The first-order chi connectivity index (χ1) is 5.99. The Morgan fingerprint density at radius 1 is 1.31 bits per heavy atom. The van der Waals surface area contributed by atoms with Gasteiger partial charge in [-0.05, 0) is 18.1 Å². The van der Waals surface area contributed by atoms with Crippen molar-refractivity contribution in [2.24, 2.45) is 0 Å². The van der Waals surface area contributed by atoms with Crippen LogP contribution in [0.4, 0.5) is 0 Å². The molecule has 0 spiro atoms. The lowest BCUT2D eigenvalue weighted by Gasteiger charge is -1.98. The molecule has 0 heterocycles. The number of hydrogen-bond acceptors (Lipinski definition) is 2. The van der Waals surface area contributed by atoms with Gasteiger partial charge >= 0.3 is 0 Å². The van der Waals surface area contributed by atoms with Gasteiger partial charge in [0, 0.05) is 0 Å². The molecule has 0 atom stereocenters. The van der Waals surface area contributed by atoms with Crippen molar-refractivity contribution in [3.05, 3.63) is 41.3 Å². The van der Waals surface area contributed by atoms with Crippen LogP contribution >= 0.6 is 0 Å². The van der Waals surface area contributed by atoms with Gasteiger partial charge in [-0.15, -0.1) is 0 Å². The van der Waals surface area contributed by atoms with Crippen LogP contribution in [0.3, 0.4) is 0 Å². The number of benzene rings is 1. The van der Waals surface area contributed by atoms with Crippen molar-refractivity contribution in [3.63, 3.8) is 0 Å². The first-order valence-corrected chi connectivity index (χ1v) is 5.20. The third-order valence-electron chi connectivity index (χ3n) is 1.55. The summed E-state index contributed by atoms with van der Waals surface area (Å²) in [5.74, 6) is 0. The molecule has 13 heavy (non-hydrogen) atoms. The van der Waals surface area contributed by atoms with Crippen molar-refractivity contribution in [1.82, 2.24) is 0 Å². The highest BCUT2D eigenvalue weighted by Crippen LogP contribution is 2.13. The molecular formula is C9H10O3S. The lowest BCUT2D eigenvalue weighted by Crippen LogP contribution is -1.91. The van der Waals surface area contributed by atoms with Gasteiger partial charge in [-0.25, -0.2) is 0 Å². The van der Waals surface area contributed by atoms with Crippen LogP contribution < -0.4 is 0 Å². The molecule has 1 aromatic carbocycles. The number of hydrogen-bond donors (Lipinski definition) is 1. The zero-order valence-electron chi connectivity index (χ0n) is 7.14. The first-order valence-electron chi connectivity index (χ1n) is 3.70. The second-order valence-electron chi connectivity index (χ2n) is 2.68. The second kappa shape index (κ2) is 3.72. The monoisotopic (exact) mass is 198 g/mol. The van der Waals surface area contributed by atoms with Gasteiger partial charge < -0.3 is 0 Å². The molecule has 0 aromatic heterocycles. The van der Waals surface area contributed by atoms with E-state index in [1.165, 1.54) is 0 Å². The maximum atomic E-state index is 10.5. The molecule has 0 aliphatic heterocycles. The Kier molecular flexibility index (Phi) is 2.85. The van der Waals surface area contributed by atoms with Gasteiger partial charge in [-0.1, -0.05) is 30.3 Å². The maximum absolute atomic E-state index is 10.5. The van der Waals surface area contributed by atoms with Gasteiger partial charge in [-0.3, -0.25) is 4.55 Å². The molecule has 0 saturated carbocycles. The summed E-state index contributed by atoms with van der Waals surface area (Å²) >= 11 is 0. The molecule has 4 heteroatoms. The zero-order chi connectivity index (χ0) is 9.90. The van der Waals surface area contributed by atoms with Crippen molar-refractivity contribution < 1.29 is 13.0 Å². The summed E-state index contributed by atoms with van der Waals surface area (Å²) in [4.78, 5) is 0. The van der Waals surface area contributed by atoms with Crippen LogP contribution in [-0.4, -0.2) is 13.0 Å². The van der Waals surface area contributed by atoms with Crippen LogP contribution in [0.25, 0.3) is 5.57 Å². The lowest BCUT2D eigenvalue weighted by molar-refractivity contribution is 0.494. The fourth-order valence-electron chi connectivity index (χ4n) is 0.992. The molecule has 0 bridgehead atoms. The summed E-state index contributed by atoms with van der Waals surface area (Å²) in [6.45, 7) is 1.63. The highest BCUT2D eigenvalue weighted by atomic mass is 32.2. The minimum atomic E-state index is -4.03. The maximum Gasteiger partial charge on any atom is 0.287 e. The molecule has 0 amide bonds. The Morgan fingerprint density at radius 3 is 2.31 bits per heavy atom. The summed E-state index contributed by atoms with van der Waals surface area (Å²) in [6, 6.07) is 8.99. The molecule has 0 fully saturated rings. The van der Waals surface area contributed by atoms with Gasteiger partial charge in [-0.2, -0.15) is 8.42 Å². The normalized spacial score (nSPS) is 12.9. The van der Waals surface area contributed by atoms with E-state index < -0.39 is 10.1 Å². The smallest absolute Gasteiger partial charge is 0.282 e. The second-order valence-corrected chi connectivity index (χ2v) is 3.95. The molecule has 0 aliphatic carbocycles. The van der Waals surface area contributed by atoms with Gasteiger partial charge in [0.15, 0.2) is 0 Å². The number of rotatable bonds is 2. The lowest BCUT2D eigenvalue weighted by atomic mass is 10.1. The van der Waals surface area contributed by atoms with Gasteiger partial charge in [0.25, 0.3) is 10.1 Å². The van der Waals surface area contributed by atoms with Crippen LogP contribution in [0.1, 0.15) is 12.5 Å². The van der Waals surface area contributed by atoms with E-state index in [0.717, 1.165) is 11.0 Å². The van der Waals surface area contributed by atoms with E-state index in [9.17, 15) is 8.42 Å². The third kappa shape index (κ3) is 3.40. The predicted molar refractivity (Wildman–Crippen MR) is 51.6 cm³/mol. The van der Waals surface area contributed by atoms with Crippen LogP contribution in [0.2, 0.25) is 0 Å². The molecule has 0 radical (unpaired) electrons. The number of allylic oxidation sites excluding steroid dienone is 1. The Labute approximate surface area is 77.5 Å². The van der Waals surface area contributed by atoms with Crippen molar-refractivity contribution >= 4 is 15.7 Å². The molecule has 70 valence electrons. The predicted octanol–water partition coefficient (Wildman–Crippen LogP) is 1.94. The van der Waals surface area contributed by atoms with E-state index in [2.05, 4.69) is 0 Å². The zero-order valence-corrected chi connectivity index (χ0v) is 7.95. The fourth-order valence-corrected chi connectivity index (χ4v) is 1.58. The molecule has 1 rings (SSSR count). The molecule has 0 saturated heterocycles. The fraction of sp³-hybridized carbons (Fsp3) is 0.111. The van der Waals surface area contributed by atoms with Crippen molar-refractivity contribution in [2.45, 2.75) is 6.92 Å². The van der Waals surface area contributed by atoms with E-state index in [1.807, 2.05) is 6.07 Å².